The fourth-order valence-corrected chi connectivity index (χ4v) is 4.00. The number of methoxy groups -OCH3 is 1. The first kappa shape index (κ1) is 20.0. The number of carbonyl (C=O) groups is 1. The Balaban J connectivity index is 1.41. The molecule has 5 rings (SSSR count). The van der Waals surface area contributed by atoms with Crippen LogP contribution >= 0.6 is 0 Å². The van der Waals surface area contributed by atoms with Crippen molar-refractivity contribution >= 4 is 34.5 Å². The van der Waals surface area contributed by atoms with Crippen LogP contribution in [0.15, 0.2) is 60.9 Å². The van der Waals surface area contributed by atoms with Crippen molar-refractivity contribution in [2.24, 2.45) is 0 Å². The molecule has 0 amide bonds. The maximum Gasteiger partial charge on any atom is 0.229 e. The number of nitrogens with zero attached hydrogens (tertiary/aromatic N) is 4. The standard InChI is InChI=1S/C24H24N6O2/c1-32-20-6-7-22-21(14-20)17(16-31)15-30(22)23-8-9-26-24(28-23)27-18-2-4-19(5-3-18)29-12-10-25-11-13-29/h2-9,14-16,25H,10-13H2,1H3,(H,26,27,28). The van der Waals surface area contributed by atoms with Gasteiger partial charge in [-0.05, 0) is 48.5 Å². The van der Waals surface area contributed by atoms with Gasteiger partial charge in [0.25, 0.3) is 0 Å². The molecule has 3 heterocycles. The summed E-state index contributed by atoms with van der Waals surface area (Å²) in [4.78, 5) is 23.0. The number of piperazine rings is 1. The van der Waals surface area contributed by atoms with E-state index >= 15 is 0 Å². The van der Waals surface area contributed by atoms with Gasteiger partial charge in [0.2, 0.25) is 5.95 Å². The minimum atomic E-state index is 0.487. The van der Waals surface area contributed by atoms with Gasteiger partial charge < -0.3 is 24.8 Å². The zero-order chi connectivity index (χ0) is 21.9. The van der Waals surface area contributed by atoms with Gasteiger partial charge in [-0.3, -0.25) is 4.79 Å². The quantitative estimate of drug-likeness (QED) is 0.456. The first-order chi connectivity index (χ1) is 15.7. The molecule has 0 atom stereocenters. The Morgan fingerprint density at radius 1 is 1.09 bits per heavy atom. The summed E-state index contributed by atoms with van der Waals surface area (Å²) in [6, 6.07) is 15.8. The smallest absolute Gasteiger partial charge is 0.229 e. The molecular formula is C24H24N6O2. The Morgan fingerprint density at radius 3 is 2.66 bits per heavy atom. The second-order valence-corrected chi connectivity index (χ2v) is 7.60. The van der Waals surface area contributed by atoms with Gasteiger partial charge in [-0.15, -0.1) is 0 Å². The number of carbonyl (C=O) groups excluding carboxylic acids is 1. The van der Waals surface area contributed by atoms with Crippen molar-refractivity contribution in [2.45, 2.75) is 0 Å². The Morgan fingerprint density at radius 2 is 1.91 bits per heavy atom. The van der Waals surface area contributed by atoms with Crippen molar-refractivity contribution in [1.29, 1.82) is 0 Å². The third-order valence-electron chi connectivity index (χ3n) is 5.66. The van der Waals surface area contributed by atoms with E-state index in [1.54, 1.807) is 19.5 Å². The van der Waals surface area contributed by atoms with Gasteiger partial charge in [-0.1, -0.05) is 0 Å². The lowest BCUT2D eigenvalue weighted by molar-refractivity contribution is 0.112. The molecule has 0 aliphatic carbocycles. The molecule has 1 fully saturated rings. The van der Waals surface area contributed by atoms with Gasteiger partial charge in [0.1, 0.15) is 11.6 Å². The summed E-state index contributed by atoms with van der Waals surface area (Å²) in [5.41, 5.74) is 3.58. The van der Waals surface area contributed by atoms with E-state index < -0.39 is 0 Å². The van der Waals surface area contributed by atoms with E-state index in [0.717, 1.165) is 49.1 Å². The number of hydrogen-bond donors (Lipinski definition) is 2. The van der Waals surface area contributed by atoms with Crippen LogP contribution in [0.1, 0.15) is 10.4 Å². The van der Waals surface area contributed by atoms with Crippen molar-refractivity contribution < 1.29 is 9.53 Å². The van der Waals surface area contributed by atoms with Crippen LogP contribution in [0.25, 0.3) is 16.7 Å². The molecule has 4 aromatic rings. The summed E-state index contributed by atoms with van der Waals surface area (Å²) >= 11 is 0. The summed E-state index contributed by atoms with van der Waals surface area (Å²) < 4.78 is 7.19. The van der Waals surface area contributed by atoms with Crippen molar-refractivity contribution in [1.82, 2.24) is 19.9 Å². The fraction of sp³-hybridized carbons (Fsp3) is 0.208. The molecule has 32 heavy (non-hydrogen) atoms. The Bertz CT molecular complexity index is 1250. The maximum absolute atomic E-state index is 11.6. The number of fused-ring (bicyclic) bond motifs is 1. The number of aldehydes is 1. The Kier molecular flexibility index (Phi) is 5.43. The fourth-order valence-electron chi connectivity index (χ4n) is 4.00. The van der Waals surface area contributed by atoms with E-state index in [0.29, 0.717) is 23.1 Å². The number of nitrogens with one attached hydrogen (secondary N) is 2. The van der Waals surface area contributed by atoms with E-state index in [1.807, 2.05) is 41.0 Å². The molecule has 0 bridgehead atoms. The second-order valence-electron chi connectivity index (χ2n) is 7.60. The largest absolute Gasteiger partial charge is 0.497 e. The van der Waals surface area contributed by atoms with Crippen LogP contribution in [0.3, 0.4) is 0 Å². The number of rotatable bonds is 6. The molecule has 2 aromatic heterocycles. The van der Waals surface area contributed by atoms with Crippen LogP contribution in [-0.4, -0.2) is 54.1 Å². The van der Waals surface area contributed by atoms with Gasteiger partial charge in [0, 0.05) is 60.9 Å². The normalized spacial score (nSPS) is 13.8. The molecule has 0 radical (unpaired) electrons. The third-order valence-corrected chi connectivity index (χ3v) is 5.66. The lowest BCUT2D eigenvalue weighted by Crippen LogP contribution is -2.43. The topological polar surface area (TPSA) is 84.3 Å². The molecular weight excluding hydrogens is 404 g/mol. The van der Waals surface area contributed by atoms with Crippen molar-refractivity contribution in [2.75, 3.05) is 43.5 Å². The zero-order valence-corrected chi connectivity index (χ0v) is 17.8. The molecule has 0 saturated carbocycles. The number of hydrogen-bond acceptors (Lipinski definition) is 7. The van der Waals surface area contributed by atoms with Crippen LogP contribution in [-0.2, 0) is 0 Å². The van der Waals surface area contributed by atoms with Gasteiger partial charge in [0.15, 0.2) is 6.29 Å². The van der Waals surface area contributed by atoms with Crippen molar-refractivity contribution in [3.05, 3.63) is 66.5 Å². The van der Waals surface area contributed by atoms with Crippen LogP contribution in [0, 0.1) is 0 Å². The van der Waals surface area contributed by atoms with Gasteiger partial charge in [-0.2, -0.15) is 4.98 Å². The molecule has 1 aliphatic heterocycles. The molecule has 0 spiro atoms. The van der Waals surface area contributed by atoms with E-state index in [1.165, 1.54) is 5.69 Å². The molecule has 2 aromatic carbocycles. The number of aromatic nitrogens is 3. The van der Waals surface area contributed by atoms with Gasteiger partial charge in [-0.25, -0.2) is 4.98 Å². The van der Waals surface area contributed by atoms with Crippen molar-refractivity contribution in [3.8, 4) is 11.6 Å². The van der Waals surface area contributed by atoms with Crippen LogP contribution in [0.5, 0.6) is 5.75 Å². The predicted molar refractivity (Wildman–Crippen MR) is 126 cm³/mol. The molecule has 8 heteroatoms. The van der Waals surface area contributed by atoms with E-state index in [9.17, 15) is 4.79 Å². The predicted octanol–water partition coefficient (Wildman–Crippen LogP) is 3.39. The SMILES string of the molecule is COc1ccc2c(c1)c(C=O)cn2-c1ccnc(Nc2ccc(N3CCNCC3)cc2)n1. The monoisotopic (exact) mass is 428 g/mol. The average molecular weight is 428 g/mol. The highest BCUT2D eigenvalue weighted by atomic mass is 16.5. The van der Waals surface area contributed by atoms with E-state index in [-0.39, 0.29) is 0 Å². The summed E-state index contributed by atoms with van der Waals surface area (Å²) in [5.74, 6) is 1.86. The minimum absolute atomic E-state index is 0.487. The molecule has 0 unspecified atom stereocenters. The molecule has 1 saturated heterocycles. The third kappa shape index (κ3) is 3.88. The van der Waals surface area contributed by atoms with E-state index in [2.05, 4.69) is 37.6 Å². The average Bonchev–Trinajstić information content (AvgIpc) is 3.23. The highest BCUT2D eigenvalue weighted by Gasteiger charge is 2.13. The van der Waals surface area contributed by atoms with Crippen molar-refractivity contribution in [3.63, 3.8) is 0 Å². The van der Waals surface area contributed by atoms with Crippen LogP contribution in [0.4, 0.5) is 17.3 Å². The van der Waals surface area contributed by atoms with E-state index in [4.69, 9.17) is 4.74 Å². The van der Waals surface area contributed by atoms with Gasteiger partial charge in [0.05, 0.1) is 12.6 Å². The van der Waals surface area contributed by atoms with Crippen LogP contribution < -0.4 is 20.3 Å². The number of ether oxygens (including phenoxy) is 1. The highest BCUT2D eigenvalue weighted by molar-refractivity contribution is 5.99. The molecule has 162 valence electrons. The van der Waals surface area contributed by atoms with Gasteiger partial charge >= 0.3 is 0 Å². The number of anilines is 3. The lowest BCUT2D eigenvalue weighted by Gasteiger charge is -2.29. The summed E-state index contributed by atoms with van der Waals surface area (Å²) in [7, 11) is 1.61. The second kappa shape index (κ2) is 8.68. The summed E-state index contributed by atoms with van der Waals surface area (Å²) in [6.45, 7) is 4.04. The summed E-state index contributed by atoms with van der Waals surface area (Å²) in [6.07, 6.45) is 4.33. The minimum Gasteiger partial charge on any atom is -0.497 e. The first-order valence-corrected chi connectivity index (χ1v) is 10.6. The molecule has 1 aliphatic rings. The maximum atomic E-state index is 11.6. The number of benzene rings is 2. The molecule has 8 nitrogen and oxygen atoms in total. The lowest BCUT2D eigenvalue weighted by atomic mass is 10.2. The summed E-state index contributed by atoms with van der Waals surface area (Å²) in [5, 5.41) is 7.46. The molecule has 2 N–H and O–H groups in total. The Labute approximate surface area is 185 Å². The van der Waals surface area contributed by atoms with Crippen LogP contribution in [0.2, 0.25) is 0 Å². The zero-order valence-electron chi connectivity index (χ0n) is 17.8. The first-order valence-electron chi connectivity index (χ1n) is 10.6. The highest BCUT2D eigenvalue weighted by Crippen LogP contribution is 2.28. The Hall–Kier alpha value is -3.91.